The SMILES string of the molecule is CC.CCOC(=O)Cc1cccc(OCC2CCCCC2)c1. The van der Waals surface area contributed by atoms with Crippen LogP contribution in [0.3, 0.4) is 0 Å². The lowest BCUT2D eigenvalue weighted by Crippen LogP contribution is -2.15. The Bertz CT molecular complexity index is 422. The van der Waals surface area contributed by atoms with Gasteiger partial charge >= 0.3 is 5.97 Å². The van der Waals surface area contributed by atoms with Crippen LogP contribution in [0.2, 0.25) is 0 Å². The molecule has 3 nitrogen and oxygen atoms in total. The van der Waals surface area contributed by atoms with Crippen molar-refractivity contribution < 1.29 is 14.3 Å². The van der Waals surface area contributed by atoms with Crippen molar-refractivity contribution in [3.05, 3.63) is 29.8 Å². The van der Waals surface area contributed by atoms with Gasteiger partial charge in [0.15, 0.2) is 0 Å². The third-order valence-corrected chi connectivity index (χ3v) is 3.76. The average molecular weight is 306 g/mol. The summed E-state index contributed by atoms with van der Waals surface area (Å²) in [6.45, 7) is 7.04. The molecule has 0 spiro atoms. The van der Waals surface area contributed by atoms with Crippen LogP contribution >= 0.6 is 0 Å². The van der Waals surface area contributed by atoms with E-state index in [1.165, 1.54) is 32.1 Å². The molecule has 1 aliphatic rings. The first-order valence-corrected chi connectivity index (χ1v) is 8.65. The van der Waals surface area contributed by atoms with Gasteiger partial charge in [0, 0.05) is 0 Å². The first-order chi connectivity index (χ1) is 10.8. The summed E-state index contributed by atoms with van der Waals surface area (Å²) in [7, 11) is 0. The molecule has 1 aliphatic carbocycles. The molecule has 0 radical (unpaired) electrons. The Morgan fingerprint density at radius 1 is 1.18 bits per heavy atom. The summed E-state index contributed by atoms with van der Waals surface area (Å²) in [5.41, 5.74) is 0.949. The lowest BCUT2D eigenvalue weighted by Gasteiger charge is -2.21. The molecule has 0 atom stereocenters. The Balaban J connectivity index is 0.00000116. The van der Waals surface area contributed by atoms with Crippen LogP contribution in [-0.4, -0.2) is 19.2 Å². The highest BCUT2D eigenvalue weighted by molar-refractivity contribution is 5.72. The van der Waals surface area contributed by atoms with Crippen LogP contribution in [0.25, 0.3) is 0 Å². The second kappa shape index (κ2) is 11.1. The lowest BCUT2D eigenvalue weighted by molar-refractivity contribution is -0.142. The predicted octanol–water partition coefficient (Wildman–Crippen LogP) is 4.78. The zero-order valence-corrected chi connectivity index (χ0v) is 14.3. The van der Waals surface area contributed by atoms with Gasteiger partial charge in [-0.3, -0.25) is 4.79 Å². The fraction of sp³-hybridized carbons (Fsp3) is 0.632. The Morgan fingerprint density at radius 3 is 2.59 bits per heavy atom. The fourth-order valence-electron chi connectivity index (χ4n) is 2.69. The lowest BCUT2D eigenvalue weighted by atomic mass is 9.90. The predicted molar refractivity (Wildman–Crippen MR) is 90.2 cm³/mol. The number of hydrogen-bond donors (Lipinski definition) is 0. The monoisotopic (exact) mass is 306 g/mol. The van der Waals surface area contributed by atoms with E-state index < -0.39 is 0 Å². The van der Waals surface area contributed by atoms with Crippen molar-refractivity contribution in [1.29, 1.82) is 0 Å². The van der Waals surface area contributed by atoms with Gasteiger partial charge in [0.2, 0.25) is 0 Å². The summed E-state index contributed by atoms with van der Waals surface area (Å²) in [6.07, 6.45) is 6.90. The number of ether oxygens (including phenoxy) is 2. The molecule has 22 heavy (non-hydrogen) atoms. The summed E-state index contributed by atoms with van der Waals surface area (Å²) in [4.78, 5) is 11.5. The molecule has 1 aromatic carbocycles. The van der Waals surface area contributed by atoms with Crippen LogP contribution in [0, 0.1) is 5.92 Å². The molecule has 1 saturated carbocycles. The van der Waals surface area contributed by atoms with E-state index in [1.807, 2.05) is 45.0 Å². The number of carbonyl (C=O) groups excluding carboxylic acids is 1. The molecule has 0 heterocycles. The third kappa shape index (κ3) is 6.97. The maximum atomic E-state index is 11.5. The molecule has 0 N–H and O–H groups in total. The van der Waals surface area contributed by atoms with Crippen LogP contribution in [0.5, 0.6) is 5.75 Å². The molecule has 0 aliphatic heterocycles. The number of benzene rings is 1. The van der Waals surface area contributed by atoms with Gasteiger partial charge in [-0.15, -0.1) is 0 Å². The van der Waals surface area contributed by atoms with Crippen LogP contribution in [-0.2, 0) is 16.0 Å². The zero-order chi connectivity index (χ0) is 16.2. The van der Waals surface area contributed by atoms with Gasteiger partial charge in [-0.2, -0.15) is 0 Å². The minimum atomic E-state index is -0.183. The zero-order valence-electron chi connectivity index (χ0n) is 14.3. The largest absolute Gasteiger partial charge is 0.493 e. The molecule has 0 saturated heterocycles. The molecule has 0 aromatic heterocycles. The summed E-state index contributed by atoms with van der Waals surface area (Å²) in [5.74, 6) is 1.37. The van der Waals surface area contributed by atoms with Crippen molar-refractivity contribution in [2.24, 2.45) is 5.92 Å². The van der Waals surface area contributed by atoms with Gasteiger partial charge in [-0.1, -0.05) is 45.2 Å². The summed E-state index contributed by atoms with van der Waals surface area (Å²) < 4.78 is 10.8. The molecule has 0 unspecified atom stereocenters. The highest BCUT2D eigenvalue weighted by atomic mass is 16.5. The van der Waals surface area contributed by atoms with Crippen molar-refractivity contribution in [2.45, 2.75) is 59.3 Å². The Labute approximate surface area is 135 Å². The average Bonchev–Trinajstić information content (AvgIpc) is 2.56. The van der Waals surface area contributed by atoms with E-state index in [9.17, 15) is 4.79 Å². The molecular formula is C19H30O3. The van der Waals surface area contributed by atoms with Crippen LogP contribution in [0.15, 0.2) is 24.3 Å². The Hall–Kier alpha value is -1.51. The van der Waals surface area contributed by atoms with Crippen molar-refractivity contribution in [3.8, 4) is 5.75 Å². The van der Waals surface area contributed by atoms with Gasteiger partial charge in [0.25, 0.3) is 0 Å². The van der Waals surface area contributed by atoms with Gasteiger partial charge in [-0.05, 0) is 43.4 Å². The van der Waals surface area contributed by atoms with E-state index in [4.69, 9.17) is 9.47 Å². The highest BCUT2D eigenvalue weighted by Gasteiger charge is 2.14. The van der Waals surface area contributed by atoms with E-state index in [1.54, 1.807) is 0 Å². The van der Waals surface area contributed by atoms with Crippen molar-refractivity contribution in [3.63, 3.8) is 0 Å². The maximum absolute atomic E-state index is 11.5. The molecule has 3 heteroatoms. The molecule has 1 fully saturated rings. The molecule has 0 bridgehead atoms. The topological polar surface area (TPSA) is 35.5 Å². The van der Waals surface area contributed by atoms with Gasteiger partial charge in [-0.25, -0.2) is 0 Å². The standard InChI is InChI=1S/C17H24O3.C2H6/c1-2-19-17(18)12-15-9-6-10-16(11-15)20-13-14-7-4-3-5-8-14;1-2/h6,9-11,14H,2-5,7-8,12-13H2,1H3;1-2H3. The minimum absolute atomic E-state index is 0.183. The molecule has 0 amide bonds. The van der Waals surface area contributed by atoms with Gasteiger partial charge in [0.1, 0.15) is 5.75 Å². The molecular weight excluding hydrogens is 276 g/mol. The normalized spacial score (nSPS) is 14.7. The first-order valence-electron chi connectivity index (χ1n) is 8.65. The second-order valence-electron chi connectivity index (χ2n) is 5.44. The van der Waals surface area contributed by atoms with Crippen LogP contribution in [0.1, 0.15) is 58.4 Å². The number of rotatable bonds is 6. The van der Waals surface area contributed by atoms with Crippen molar-refractivity contribution in [2.75, 3.05) is 13.2 Å². The number of carbonyl (C=O) groups is 1. The second-order valence-corrected chi connectivity index (χ2v) is 5.44. The van der Waals surface area contributed by atoms with E-state index in [0.717, 1.165) is 17.9 Å². The number of hydrogen-bond acceptors (Lipinski definition) is 3. The highest BCUT2D eigenvalue weighted by Crippen LogP contribution is 2.24. The van der Waals surface area contributed by atoms with Crippen LogP contribution < -0.4 is 4.74 Å². The Morgan fingerprint density at radius 2 is 1.91 bits per heavy atom. The quantitative estimate of drug-likeness (QED) is 0.710. The maximum Gasteiger partial charge on any atom is 0.310 e. The van der Waals surface area contributed by atoms with Crippen LogP contribution in [0.4, 0.5) is 0 Å². The fourth-order valence-corrected chi connectivity index (χ4v) is 2.69. The first kappa shape index (κ1) is 18.5. The van der Waals surface area contributed by atoms with Crippen molar-refractivity contribution >= 4 is 5.97 Å². The summed E-state index contributed by atoms with van der Waals surface area (Å²) >= 11 is 0. The summed E-state index contributed by atoms with van der Waals surface area (Å²) in [6, 6.07) is 7.77. The molecule has 1 aromatic rings. The van der Waals surface area contributed by atoms with Crippen molar-refractivity contribution in [1.82, 2.24) is 0 Å². The minimum Gasteiger partial charge on any atom is -0.493 e. The van der Waals surface area contributed by atoms with E-state index in [2.05, 4.69) is 0 Å². The smallest absolute Gasteiger partial charge is 0.310 e. The van der Waals surface area contributed by atoms with Gasteiger partial charge < -0.3 is 9.47 Å². The molecule has 124 valence electrons. The van der Waals surface area contributed by atoms with E-state index in [-0.39, 0.29) is 5.97 Å². The molecule has 2 rings (SSSR count). The Kier molecular flexibility index (Phi) is 9.36. The summed E-state index contributed by atoms with van der Waals surface area (Å²) in [5, 5.41) is 0. The number of esters is 1. The van der Waals surface area contributed by atoms with Gasteiger partial charge in [0.05, 0.1) is 19.6 Å². The van der Waals surface area contributed by atoms with E-state index >= 15 is 0 Å². The van der Waals surface area contributed by atoms with E-state index in [0.29, 0.717) is 18.9 Å². The third-order valence-electron chi connectivity index (χ3n) is 3.76.